The van der Waals surface area contributed by atoms with Crippen LogP contribution >= 0.6 is 0 Å². The Morgan fingerprint density at radius 3 is 0.733 bits per heavy atom. The normalized spacial score (nSPS) is 16.5. The highest BCUT2D eigenvalue weighted by Gasteiger charge is 2.96. The van der Waals surface area contributed by atoms with Gasteiger partial charge in [-0.2, -0.15) is 88.7 Å². The Morgan fingerprint density at radius 1 is 0.333 bits per heavy atom. The molecule has 0 aromatic rings. The second-order valence-electron chi connectivity index (χ2n) is 5.20. The fraction of sp³-hybridized carbons (Fsp3) is 0.900. The molecular weight excluding hydrogens is 495 g/mol. The van der Waals surface area contributed by atoms with Crippen molar-refractivity contribution in [1.82, 2.24) is 0 Å². The van der Waals surface area contributed by atoms with Gasteiger partial charge in [0.05, 0.1) is 0 Å². The van der Waals surface area contributed by atoms with Crippen LogP contribution in [0.1, 0.15) is 0 Å². The van der Waals surface area contributed by atoms with Crippen molar-refractivity contribution in [2.45, 2.75) is 53.6 Å². The number of alkyl halides is 19. The molecule has 20 heteroatoms. The van der Waals surface area contributed by atoms with Crippen LogP contribution in [0, 0.1) is 11.3 Å². The average Bonchev–Trinajstić information content (AvgIpc) is 2.52. The maximum atomic E-state index is 13.1. The van der Waals surface area contributed by atoms with E-state index in [0.29, 0.717) is 0 Å². The third-order valence-electron chi connectivity index (χ3n) is 3.26. The van der Waals surface area contributed by atoms with E-state index in [4.69, 9.17) is 5.26 Å². The van der Waals surface area contributed by atoms with Gasteiger partial charge in [0.25, 0.3) is 0 Å². The van der Waals surface area contributed by atoms with Gasteiger partial charge in [-0.15, -0.1) is 0 Å². The van der Waals surface area contributed by atoms with E-state index < -0.39 is 59.6 Å². The zero-order valence-corrected chi connectivity index (χ0v) is 12.6. The Hall–Kier alpha value is -1.84. The summed E-state index contributed by atoms with van der Waals surface area (Å²) >= 11 is 0. The lowest BCUT2D eigenvalue weighted by molar-refractivity contribution is -0.466. The highest BCUT2D eigenvalue weighted by Crippen LogP contribution is 2.65. The van der Waals surface area contributed by atoms with Crippen molar-refractivity contribution in [2.24, 2.45) is 0 Å². The molecule has 0 aliphatic carbocycles. The van der Waals surface area contributed by atoms with Gasteiger partial charge in [0.1, 0.15) is 6.07 Å². The van der Waals surface area contributed by atoms with Crippen molar-refractivity contribution in [3.05, 3.63) is 0 Å². The van der Waals surface area contributed by atoms with Gasteiger partial charge >= 0.3 is 53.6 Å². The number of hydrogen-bond donors (Lipinski definition) is 0. The summed E-state index contributed by atoms with van der Waals surface area (Å²) in [7, 11) is 0. The number of nitrogens with zero attached hydrogens (tertiary/aromatic N) is 1. The van der Waals surface area contributed by atoms with Crippen LogP contribution in [0.4, 0.5) is 83.4 Å². The van der Waals surface area contributed by atoms with Crippen molar-refractivity contribution in [1.29, 1.82) is 5.26 Å². The smallest absolute Gasteiger partial charge is 0.192 e. The van der Waals surface area contributed by atoms with Gasteiger partial charge < -0.3 is 0 Å². The standard InChI is InChI=1S/C10F19N/c11-2(12,1-30)3(13,14)4(15,16)5(17,18)6(19,20)7(21,22)8(23,24)9(25,26)10(27,28)29. The van der Waals surface area contributed by atoms with Crippen LogP contribution in [0.5, 0.6) is 0 Å². The van der Waals surface area contributed by atoms with Gasteiger partial charge in [0.2, 0.25) is 0 Å². The van der Waals surface area contributed by atoms with Crippen molar-refractivity contribution in [3.8, 4) is 6.07 Å². The van der Waals surface area contributed by atoms with Crippen LogP contribution in [-0.2, 0) is 0 Å². The van der Waals surface area contributed by atoms with Crippen LogP contribution in [0.25, 0.3) is 0 Å². The predicted octanol–water partition coefficient (Wildman–Crippen LogP) is 6.15. The van der Waals surface area contributed by atoms with Gasteiger partial charge in [-0.05, 0) is 0 Å². The van der Waals surface area contributed by atoms with Crippen molar-refractivity contribution < 1.29 is 83.4 Å². The molecule has 178 valence electrons. The summed E-state index contributed by atoms with van der Waals surface area (Å²) in [5.41, 5.74) is 0. The molecule has 0 aromatic heterocycles. The number of nitriles is 1. The van der Waals surface area contributed by atoms with E-state index in [9.17, 15) is 83.4 Å². The van der Waals surface area contributed by atoms with Crippen LogP contribution in [-0.4, -0.2) is 53.6 Å². The minimum atomic E-state index is -8.96. The third kappa shape index (κ3) is 3.09. The molecule has 0 bridgehead atoms. The average molecular weight is 495 g/mol. The summed E-state index contributed by atoms with van der Waals surface area (Å²) in [4.78, 5) is 0. The zero-order chi connectivity index (χ0) is 25.2. The molecule has 0 amide bonds. The van der Waals surface area contributed by atoms with E-state index in [1.807, 2.05) is 0 Å². The molecule has 0 atom stereocenters. The molecule has 1 nitrogen and oxygen atoms in total. The zero-order valence-electron chi connectivity index (χ0n) is 12.6. The van der Waals surface area contributed by atoms with E-state index in [0.717, 1.165) is 0 Å². The van der Waals surface area contributed by atoms with Crippen molar-refractivity contribution >= 4 is 0 Å². The lowest BCUT2D eigenvalue weighted by Gasteiger charge is -2.43. The molecule has 0 saturated carbocycles. The molecule has 0 heterocycles. The Kier molecular flexibility index (Phi) is 6.17. The van der Waals surface area contributed by atoms with Crippen LogP contribution in [0.15, 0.2) is 0 Å². The lowest BCUT2D eigenvalue weighted by Crippen LogP contribution is -2.75. The summed E-state index contributed by atoms with van der Waals surface area (Å²) in [6.07, 6.45) is -7.91. The minimum Gasteiger partial charge on any atom is -0.192 e. The molecule has 0 radical (unpaired) electrons. The van der Waals surface area contributed by atoms with Crippen LogP contribution < -0.4 is 0 Å². The van der Waals surface area contributed by atoms with Gasteiger partial charge in [0, 0.05) is 0 Å². The maximum Gasteiger partial charge on any atom is 0.460 e. The molecule has 30 heavy (non-hydrogen) atoms. The largest absolute Gasteiger partial charge is 0.460 e. The van der Waals surface area contributed by atoms with Crippen LogP contribution in [0.2, 0.25) is 0 Å². The molecular formula is C10F19N. The Morgan fingerprint density at radius 2 is 0.533 bits per heavy atom. The first kappa shape index (κ1) is 28.2. The van der Waals surface area contributed by atoms with Gasteiger partial charge in [-0.25, -0.2) is 0 Å². The maximum absolute atomic E-state index is 13.1. The topological polar surface area (TPSA) is 23.8 Å². The van der Waals surface area contributed by atoms with Gasteiger partial charge in [0.15, 0.2) is 0 Å². The Labute approximate surface area is 150 Å². The highest BCUT2D eigenvalue weighted by atomic mass is 19.4. The molecule has 0 fully saturated rings. The lowest BCUT2D eigenvalue weighted by atomic mass is 9.87. The van der Waals surface area contributed by atoms with Gasteiger partial charge in [-0.3, -0.25) is 0 Å². The van der Waals surface area contributed by atoms with E-state index in [-0.39, 0.29) is 0 Å². The first-order chi connectivity index (χ1) is 12.6. The molecule has 0 N–H and O–H groups in total. The first-order valence-electron chi connectivity index (χ1n) is 6.06. The summed E-state index contributed by atoms with van der Waals surface area (Å²) < 4.78 is 241. The quantitative estimate of drug-likeness (QED) is 0.389. The third-order valence-corrected chi connectivity index (χ3v) is 3.26. The molecule has 0 spiro atoms. The number of halogens is 19. The molecule has 0 rings (SSSR count). The Bertz CT molecular complexity index is 691. The minimum absolute atomic E-state index is 1.12. The monoisotopic (exact) mass is 495 g/mol. The summed E-state index contributed by atoms with van der Waals surface area (Å²) in [5, 5.41) is 7.51. The van der Waals surface area contributed by atoms with Crippen molar-refractivity contribution in [2.75, 3.05) is 0 Å². The number of rotatable bonds is 7. The second kappa shape index (κ2) is 6.58. The molecule has 0 aromatic carbocycles. The molecule has 0 unspecified atom stereocenters. The molecule has 0 saturated heterocycles. The highest BCUT2D eigenvalue weighted by molar-refractivity contribution is 5.19. The van der Waals surface area contributed by atoms with E-state index in [2.05, 4.69) is 0 Å². The fourth-order valence-electron chi connectivity index (χ4n) is 1.43. The summed E-state index contributed by atoms with van der Waals surface area (Å²) in [6.45, 7) is 0. The summed E-state index contributed by atoms with van der Waals surface area (Å²) in [5.74, 6) is -67.5. The van der Waals surface area contributed by atoms with E-state index in [1.165, 1.54) is 0 Å². The van der Waals surface area contributed by atoms with Crippen molar-refractivity contribution in [3.63, 3.8) is 0 Å². The fourth-order valence-corrected chi connectivity index (χ4v) is 1.43. The predicted molar refractivity (Wildman–Crippen MR) is 51.2 cm³/mol. The Balaban J connectivity index is 6.90. The van der Waals surface area contributed by atoms with E-state index >= 15 is 0 Å². The van der Waals surface area contributed by atoms with Crippen LogP contribution in [0.3, 0.4) is 0 Å². The first-order valence-corrected chi connectivity index (χ1v) is 6.06. The van der Waals surface area contributed by atoms with E-state index in [1.54, 1.807) is 0 Å². The second-order valence-corrected chi connectivity index (χ2v) is 5.20. The van der Waals surface area contributed by atoms with Gasteiger partial charge in [-0.1, -0.05) is 0 Å². The molecule has 0 aliphatic heterocycles. The summed E-state index contributed by atoms with van der Waals surface area (Å²) in [6, 6.07) is -1.12. The number of hydrogen-bond acceptors (Lipinski definition) is 1. The molecule has 0 aliphatic rings. The SMILES string of the molecule is N#CC(F)(F)C(F)(F)C(F)(F)C(F)(F)C(F)(F)C(F)(F)C(F)(F)C(F)(F)C(F)(F)F.